The van der Waals surface area contributed by atoms with Crippen LogP contribution in [0.5, 0.6) is 0 Å². The van der Waals surface area contributed by atoms with E-state index in [1.165, 1.54) is 13.8 Å². The van der Waals surface area contributed by atoms with E-state index < -0.39 is 111 Å². The number of hydrogen-bond donors (Lipinski definition) is 3. The maximum absolute atomic E-state index is 12.4. The van der Waals surface area contributed by atoms with Crippen LogP contribution in [0.25, 0.3) is 0 Å². The zero-order valence-corrected chi connectivity index (χ0v) is 42.9. The highest BCUT2D eigenvalue weighted by Crippen LogP contribution is 2.53. The predicted octanol–water partition coefficient (Wildman–Crippen LogP) is 3.21. The number of Topliss-reactive ketones (excluding diaryl/α,β-unsaturated/α-hetero) is 1. The molecule has 0 spiro atoms. The molecular formula is C48H72O21S2. The molecule has 0 aromatic rings. The van der Waals surface area contributed by atoms with Crippen molar-refractivity contribution in [2.75, 3.05) is 6.61 Å². The molecule has 11 heterocycles. The van der Waals surface area contributed by atoms with Crippen LogP contribution in [0.4, 0.5) is 0 Å². The molecule has 0 bridgehead atoms. The van der Waals surface area contributed by atoms with E-state index in [9.17, 15) is 31.3 Å². The first kappa shape index (κ1) is 51.8. The Bertz CT molecular complexity index is 2290. The van der Waals surface area contributed by atoms with E-state index in [1.807, 2.05) is 6.92 Å². The van der Waals surface area contributed by atoms with E-state index >= 15 is 0 Å². The number of aliphatic hydroxyl groups excluding tert-OH is 1. The second-order valence-electron chi connectivity index (χ2n) is 23.4. The van der Waals surface area contributed by atoms with Gasteiger partial charge in [-0.25, -0.2) is 8.37 Å². The lowest BCUT2D eigenvalue weighted by Crippen LogP contribution is -2.73. The van der Waals surface area contributed by atoms with Crippen molar-refractivity contribution in [2.45, 2.75) is 269 Å². The van der Waals surface area contributed by atoms with Gasteiger partial charge in [-0.15, -0.1) is 0 Å². The Balaban J connectivity index is 0.758. The SMILES string of the molecule is C=C1C[C@@H]2O[C@@]3(C)[C@H](C[C@H]2O[C@H]1C(C)=O)O[C@@H]1C[C@@H]2O[C@@H]4C[C@@H]5O[C@@H]6C[C@@H]7O[C@@H]8C[C@@H]9O[C@](C)(CCOS(=O)(=O)O)[C@@H](OS(=O)(=O)O)C[C@H]9O[C@H]8C[C@H]7O[C@H]6CC[C@@]5(C)O[C@@]4(C)CC[C@H](C)[C@H]2O[C@H]1[C@H]3O. The van der Waals surface area contributed by atoms with Gasteiger partial charge < -0.3 is 57.2 Å². The molecule has 11 aliphatic heterocycles. The standard InChI is InChI=1S/C48H72O21S2/c1-22-8-10-46(5)38(62-35-18-36-43(65-42(22)35)44(50)48(7)40(63-36)20-32-33(67-48)14-23(2)41(64-32)24(3)49)21-37-47(6,69-46)11-9-25-26(61-37)15-28-27(58-25)16-29-30(59-28)17-34-31(60-29)19-39(68-71(54,55)56)45(4,66-34)12-13-57-70(51,52)53/h22,25-44,50H,2,8-21H2,1,3-7H3,(H,51,52,53)(H,54,55,56)/t22-,25-,26+,27+,28-,29-,30+,31+,32+,33-,34-,35-,36+,37-,38+,39-,40-,41+,42+,43+,44+,45+,46-,47+,48-/m0/s1. The Morgan fingerprint density at radius 1 is 0.634 bits per heavy atom. The summed E-state index contributed by atoms with van der Waals surface area (Å²) in [6.07, 6.45) is -3.68. The first-order chi connectivity index (χ1) is 33.3. The van der Waals surface area contributed by atoms with E-state index in [0.29, 0.717) is 63.4 Å². The lowest BCUT2D eigenvalue weighted by molar-refractivity contribution is -0.367. The molecule has 25 atom stereocenters. The maximum Gasteiger partial charge on any atom is 0.397 e. The van der Waals surface area contributed by atoms with Crippen LogP contribution in [0.3, 0.4) is 0 Å². The quantitative estimate of drug-likeness (QED) is 0.244. The van der Waals surface area contributed by atoms with Crippen molar-refractivity contribution in [2.24, 2.45) is 5.92 Å². The highest BCUT2D eigenvalue weighted by Gasteiger charge is 2.65. The summed E-state index contributed by atoms with van der Waals surface area (Å²) in [5.41, 5.74) is -3.11. The molecule has 0 aromatic carbocycles. The number of ether oxygens (including phenoxy) is 11. The number of carbonyl (C=O) groups excluding carboxylic acids is 1. The van der Waals surface area contributed by atoms with E-state index in [2.05, 4.69) is 31.5 Å². The van der Waals surface area contributed by atoms with Crippen molar-refractivity contribution < 1.29 is 96.3 Å². The van der Waals surface area contributed by atoms with Gasteiger partial charge in [0.05, 0.1) is 121 Å². The van der Waals surface area contributed by atoms with Crippen LogP contribution in [-0.4, -0.2) is 188 Å². The molecule has 11 aliphatic rings. The molecule has 0 aromatic heterocycles. The van der Waals surface area contributed by atoms with Gasteiger partial charge in [0.2, 0.25) is 0 Å². The van der Waals surface area contributed by atoms with Crippen LogP contribution in [0, 0.1) is 5.92 Å². The molecule has 0 saturated carbocycles. The minimum absolute atomic E-state index is 0.00602. The summed E-state index contributed by atoms with van der Waals surface area (Å²) in [5.74, 6) is -0.0172. The predicted molar refractivity (Wildman–Crippen MR) is 243 cm³/mol. The zero-order chi connectivity index (χ0) is 50.4. The smallest absolute Gasteiger partial charge is 0.387 e. The van der Waals surface area contributed by atoms with Crippen molar-refractivity contribution >= 4 is 26.6 Å². The molecule has 0 unspecified atom stereocenters. The summed E-state index contributed by atoms with van der Waals surface area (Å²) < 4.78 is 150. The summed E-state index contributed by atoms with van der Waals surface area (Å²) in [4.78, 5) is 12.4. The van der Waals surface area contributed by atoms with Crippen molar-refractivity contribution in [3.8, 4) is 0 Å². The molecule has 0 radical (unpaired) electrons. The van der Waals surface area contributed by atoms with Crippen LogP contribution in [0.15, 0.2) is 12.2 Å². The van der Waals surface area contributed by atoms with Crippen LogP contribution < -0.4 is 0 Å². The van der Waals surface area contributed by atoms with Crippen LogP contribution in [0.1, 0.15) is 125 Å². The Morgan fingerprint density at radius 2 is 1.18 bits per heavy atom. The first-order valence-corrected chi connectivity index (χ1v) is 28.4. The highest BCUT2D eigenvalue weighted by molar-refractivity contribution is 7.81. The Labute approximate surface area is 415 Å². The second-order valence-corrected chi connectivity index (χ2v) is 25.6. The third-order valence-corrected chi connectivity index (χ3v) is 19.3. The Kier molecular flexibility index (Phi) is 13.4. The highest BCUT2D eigenvalue weighted by atomic mass is 32.3. The van der Waals surface area contributed by atoms with Gasteiger partial charge in [-0.2, -0.15) is 16.8 Å². The monoisotopic (exact) mass is 1050 g/mol. The number of fused-ring (bicyclic) bond motifs is 10. The first-order valence-electron chi connectivity index (χ1n) is 25.7. The minimum Gasteiger partial charge on any atom is -0.387 e. The molecule has 11 rings (SSSR count). The summed E-state index contributed by atoms with van der Waals surface area (Å²) in [6.45, 7) is 15.0. The molecular weight excluding hydrogens is 977 g/mol. The fraction of sp³-hybridized carbons (Fsp3) is 0.938. The Hall–Kier alpha value is -1.33. The molecule has 23 heteroatoms. The van der Waals surface area contributed by atoms with Crippen LogP contribution >= 0.6 is 0 Å². The summed E-state index contributed by atoms with van der Waals surface area (Å²) in [6, 6.07) is 0. The summed E-state index contributed by atoms with van der Waals surface area (Å²) >= 11 is 0. The normalized spacial score (nSPS) is 53.9. The van der Waals surface area contributed by atoms with Crippen LogP contribution in [0.2, 0.25) is 0 Å². The van der Waals surface area contributed by atoms with Gasteiger partial charge in [0.1, 0.15) is 30.0 Å². The average molecular weight is 1050 g/mol. The largest absolute Gasteiger partial charge is 0.397 e. The van der Waals surface area contributed by atoms with Crippen molar-refractivity contribution in [3.05, 3.63) is 12.2 Å². The fourth-order valence-corrected chi connectivity index (χ4v) is 15.4. The van der Waals surface area contributed by atoms with Crippen molar-refractivity contribution in [3.63, 3.8) is 0 Å². The van der Waals surface area contributed by atoms with Crippen molar-refractivity contribution in [1.29, 1.82) is 0 Å². The lowest BCUT2D eigenvalue weighted by atomic mass is 9.73. The van der Waals surface area contributed by atoms with Gasteiger partial charge in [-0.1, -0.05) is 13.5 Å². The molecule has 11 saturated heterocycles. The lowest BCUT2D eigenvalue weighted by Gasteiger charge is -2.60. The summed E-state index contributed by atoms with van der Waals surface area (Å²) in [7, 11) is -9.72. The van der Waals surface area contributed by atoms with Crippen LogP contribution in [-0.2, 0) is 86.1 Å². The average Bonchev–Trinajstić information content (AvgIpc) is 3.39. The molecule has 0 amide bonds. The Morgan fingerprint density at radius 3 is 1.83 bits per heavy atom. The number of rotatable bonds is 7. The third-order valence-electron chi connectivity index (χ3n) is 18.4. The van der Waals surface area contributed by atoms with Gasteiger partial charge in [0.25, 0.3) is 0 Å². The van der Waals surface area contributed by atoms with Gasteiger partial charge in [-0.3, -0.25) is 13.9 Å². The molecule has 402 valence electrons. The molecule has 21 nitrogen and oxygen atoms in total. The van der Waals surface area contributed by atoms with Gasteiger partial charge >= 0.3 is 20.8 Å². The van der Waals surface area contributed by atoms with Gasteiger partial charge in [0, 0.05) is 51.4 Å². The van der Waals surface area contributed by atoms with E-state index in [4.69, 9.17) is 60.8 Å². The van der Waals surface area contributed by atoms with Crippen molar-refractivity contribution in [1.82, 2.24) is 0 Å². The van der Waals surface area contributed by atoms with Gasteiger partial charge in [0.15, 0.2) is 5.78 Å². The van der Waals surface area contributed by atoms with E-state index in [1.54, 1.807) is 0 Å². The molecule has 71 heavy (non-hydrogen) atoms. The topological polar surface area (TPSA) is 266 Å². The molecule has 11 fully saturated rings. The number of carbonyl (C=O) groups is 1. The third kappa shape index (κ3) is 9.67. The minimum atomic E-state index is -4.94. The number of aliphatic hydroxyl groups is 1. The molecule has 3 N–H and O–H groups in total. The molecule has 0 aliphatic carbocycles. The zero-order valence-electron chi connectivity index (χ0n) is 41.2. The second kappa shape index (κ2) is 18.4. The summed E-state index contributed by atoms with van der Waals surface area (Å²) in [5, 5.41) is 12.1. The maximum atomic E-state index is 12.4. The van der Waals surface area contributed by atoms with E-state index in [0.717, 1.165) is 12.8 Å². The number of hydrogen-bond acceptors (Lipinski definition) is 19. The number of ketones is 1. The van der Waals surface area contributed by atoms with Gasteiger partial charge in [-0.05, 0) is 78.2 Å². The fourth-order valence-electron chi connectivity index (χ4n) is 14.5. The van der Waals surface area contributed by atoms with E-state index in [-0.39, 0.29) is 85.6 Å².